The van der Waals surface area contributed by atoms with Crippen molar-refractivity contribution < 1.29 is 14.3 Å². The fourth-order valence-corrected chi connectivity index (χ4v) is 3.79. The van der Waals surface area contributed by atoms with Crippen molar-refractivity contribution in [2.75, 3.05) is 17.7 Å². The predicted molar refractivity (Wildman–Crippen MR) is 115 cm³/mol. The third kappa shape index (κ3) is 4.52. The molecule has 4 rings (SSSR count). The van der Waals surface area contributed by atoms with E-state index >= 15 is 0 Å². The Kier molecular flexibility index (Phi) is 5.39. The van der Waals surface area contributed by atoms with Gasteiger partial charge in [-0.3, -0.25) is 14.9 Å². The van der Waals surface area contributed by atoms with Gasteiger partial charge in [0.15, 0.2) is 5.13 Å². The van der Waals surface area contributed by atoms with Gasteiger partial charge in [-0.25, -0.2) is 4.98 Å². The highest BCUT2D eigenvalue weighted by atomic mass is 32.1. The van der Waals surface area contributed by atoms with Gasteiger partial charge in [-0.1, -0.05) is 18.2 Å². The Morgan fingerprint density at radius 3 is 3.00 bits per heavy atom. The Morgan fingerprint density at radius 1 is 1.24 bits per heavy atom. The molecule has 1 aliphatic rings. The number of hydrogen-bond donors (Lipinski definition) is 2. The molecule has 0 aliphatic carbocycles. The minimum atomic E-state index is -0.248. The maximum Gasteiger partial charge on any atom is 0.250 e. The van der Waals surface area contributed by atoms with Crippen LogP contribution < -0.4 is 15.4 Å². The van der Waals surface area contributed by atoms with Gasteiger partial charge in [0.05, 0.1) is 12.8 Å². The van der Waals surface area contributed by atoms with E-state index in [0.29, 0.717) is 11.6 Å². The molecule has 6 nitrogen and oxygen atoms in total. The second kappa shape index (κ2) is 8.28. The predicted octanol–water partition coefficient (Wildman–Crippen LogP) is 4.36. The minimum Gasteiger partial charge on any atom is -0.497 e. The summed E-state index contributed by atoms with van der Waals surface area (Å²) in [5, 5.41) is 8.11. The standard InChI is InChI=1S/C22H19N3O3S/c1-28-17-4-2-3-14(11-17)5-9-21(27)25-22-24-19(13-29-22)16-6-8-18-15(12-16)7-10-20(26)23-18/h2-6,8-9,11-13H,7,10H2,1H3,(H,23,26)(H,24,25,27)/b9-5+. The van der Waals surface area contributed by atoms with Crippen LogP contribution in [-0.4, -0.2) is 23.9 Å². The lowest BCUT2D eigenvalue weighted by Crippen LogP contribution is -2.18. The topological polar surface area (TPSA) is 80.3 Å². The molecule has 0 spiro atoms. The molecular weight excluding hydrogens is 386 g/mol. The molecule has 0 radical (unpaired) electrons. The van der Waals surface area contributed by atoms with Crippen LogP contribution >= 0.6 is 11.3 Å². The molecule has 0 bridgehead atoms. The normalized spacial score (nSPS) is 13.1. The molecule has 2 aromatic carbocycles. The zero-order valence-corrected chi connectivity index (χ0v) is 16.6. The van der Waals surface area contributed by atoms with Crippen LogP contribution in [0.5, 0.6) is 5.75 Å². The summed E-state index contributed by atoms with van der Waals surface area (Å²) >= 11 is 1.37. The fraction of sp³-hybridized carbons (Fsp3) is 0.136. The van der Waals surface area contributed by atoms with E-state index in [0.717, 1.165) is 40.2 Å². The van der Waals surface area contributed by atoms with Crippen LogP contribution in [-0.2, 0) is 16.0 Å². The number of amides is 2. The van der Waals surface area contributed by atoms with Crippen LogP contribution in [0.1, 0.15) is 17.5 Å². The van der Waals surface area contributed by atoms with Crippen molar-refractivity contribution in [1.82, 2.24) is 4.98 Å². The lowest BCUT2D eigenvalue weighted by Gasteiger charge is -2.17. The highest BCUT2D eigenvalue weighted by molar-refractivity contribution is 7.14. The van der Waals surface area contributed by atoms with Crippen molar-refractivity contribution in [3.05, 3.63) is 65.0 Å². The van der Waals surface area contributed by atoms with Gasteiger partial charge in [-0.2, -0.15) is 0 Å². The van der Waals surface area contributed by atoms with Gasteiger partial charge in [0.2, 0.25) is 11.8 Å². The molecule has 2 N–H and O–H groups in total. The molecule has 3 aromatic rings. The SMILES string of the molecule is COc1cccc(/C=C/C(=O)Nc2nc(-c3ccc4c(c3)CCC(=O)N4)cs2)c1. The third-order valence-corrected chi connectivity index (χ3v) is 5.31. The number of thiazole rings is 1. The molecule has 2 heterocycles. The number of benzene rings is 2. The number of rotatable bonds is 5. The second-order valence-electron chi connectivity index (χ2n) is 6.56. The fourth-order valence-electron chi connectivity index (χ4n) is 3.07. The van der Waals surface area contributed by atoms with Crippen molar-refractivity contribution in [2.24, 2.45) is 0 Å². The van der Waals surface area contributed by atoms with E-state index in [1.54, 1.807) is 13.2 Å². The molecular formula is C22H19N3O3S. The number of nitrogens with one attached hydrogen (secondary N) is 2. The Hall–Kier alpha value is -3.45. The number of fused-ring (bicyclic) bond motifs is 1. The summed E-state index contributed by atoms with van der Waals surface area (Å²) < 4.78 is 5.18. The van der Waals surface area contributed by atoms with E-state index in [2.05, 4.69) is 15.6 Å². The van der Waals surface area contributed by atoms with Crippen molar-refractivity contribution in [2.45, 2.75) is 12.8 Å². The molecule has 0 unspecified atom stereocenters. The lowest BCUT2D eigenvalue weighted by atomic mass is 9.99. The van der Waals surface area contributed by atoms with E-state index in [4.69, 9.17) is 4.74 Å². The number of carbonyl (C=O) groups excluding carboxylic acids is 2. The maximum atomic E-state index is 12.2. The Morgan fingerprint density at radius 2 is 2.14 bits per heavy atom. The maximum absolute atomic E-state index is 12.2. The van der Waals surface area contributed by atoms with Gasteiger partial charge < -0.3 is 10.1 Å². The summed E-state index contributed by atoms with van der Waals surface area (Å²) in [6.45, 7) is 0. The zero-order valence-electron chi connectivity index (χ0n) is 15.8. The van der Waals surface area contributed by atoms with E-state index in [-0.39, 0.29) is 11.8 Å². The first-order chi connectivity index (χ1) is 14.1. The number of carbonyl (C=O) groups is 2. The number of methoxy groups -OCH3 is 1. The van der Waals surface area contributed by atoms with E-state index in [9.17, 15) is 9.59 Å². The largest absolute Gasteiger partial charge is 0.497 e. The molecule has 29 heavy (non-hydrogen) atoms. The van der Waals surface area contributed by atoms with Crippen LogP contribution in [0.3, 0.4) is 0 Å². The Balaban J connectivity index is 1.43. The zero-order chi connectivity index (χ0) is 20.2. The molecule has 146 valence electrons. The first-order valence-corrected chi connectivity index (χ1v) is 10.0. The summed E-state index contributed by atoms with van der Waals surface area (Å²) in [6.07, 6.45) is 4.41. The van der Waals surface area contributed by atoms with Crippen LogP contribution in [0.25, 0.3) is 17.3 Å². The summed E-state index contributed by atoms with van der Waals surface area (Å²) in [5.41, 5.74) is 4.59. The van der Waals surface area contributed by atoms with Gasteiger partial charge >= 0.3 is 0 Å². The van der Waals surface area contributed by atoms with E-state index in [1.807, 2.05) is 47.8 Å². The monoisotopic (exact) mass is 405 g/mol. The van der Waals surface area contributed by atoms with Crippen molar-refractivity contribution >= 4 is 40.0 Å². The van der Waals surface area contributed by atoms with Gasteiger partial charge in [-0.05, 0) is 47.9 Å². The molecule has 7 heteroatoms. The summed E-state index contributed by atoms with van der Waals surface area (Å²) in [6, 6.07) is 13.3. The number of ether oxygens (including phenoxy) is 1. The Labute approximate surface area is 172 Å². The van der Waals surface area contributed by atoms with Crippen molar-refractivity contribution in [3.63, 3.8) is 0 Å². The van der Waals surface area contributed by atoms with Crippen LogP contribution in [0.2, 0.25) is 0 Å². The van der Waals surface area contributed by atoms with Crippen LogP contribution in [0, 0.1) is 0 Å². The number of nitrogens with zero attached hydrogens (tertiary/aromatic N) is 1. The van der Waals surface area contributed by atoms with Gasteiger partial charge in [0.25, 0.3) is 0 Å². The van der Waals surface area contributed by atoms with Gasteiger partial charge in [-0.15, -0.1) is 11.3 Å². The quantitative estimate of drug-likeness (QED) is 0.618. The third-order valence-electron chi connectivity index (χ3n) is 4.55. The number of anilines is 2. The summed E-state index contributed by atoms with van der Waals surface area (Å²) in [7, 11) is 1.61. The lowest BCUT2D eigenvalue weighted by molar-refractivity contribution is -0.116. The van der Waals surface area contributed by atoms with Gasteiger partial charge in [0, 0.05) is 29.1 Å². The molecule has 1 aliphatic heterocycles. The van der Waals surface area contributed by atoms with Crippen LogP contribution in [0.4, 0.5) is 10.8 Å². The first-order valence-electron chi connectivity index (χ1n) is 9.12. The average Bonchev–Trinajstić information content (AvgIpc) is 3.20. The molecule has 0 saturated heterocycles. The summed E-state index contributed by atoms with van der Waals surface area (Å²) in [4.78, 5) is 28.2. The molecule has 0 fully saturated rings. The number of aryl methyl sites for hydroxylation is 1. The first kappa shape index (κ1) is 18.9. The highest BCUT2D eigenvalue weighted by Crippen LogP contribution is 2.30. The molecule has 2 amide bonds. The molecule has 0 atom stereocenters. The average molecular weight is 405 g/mol. The number of aromatic nitrogens is 1. The van der Waals surface area contributed by atoms with Gasteiger partial charge in [0.1, 0.15) is 5.75 Å². The highest BCUT2D eigenvalue weighted by Gasteiger charge is 2.16. The van der Waals surface area contributed by atoms with Crippen LogP contribution in [0.15, 0.2) is 53.9 Å². The van der Waals surface area contributed by atoms with Crippen molar-refractivity contribution in [1.29, 1.82) is 0 Å². The smallest absolute Gasteiger partial charge is 0.250 e. The van der Waals surface area contributed by atoms with E-state index < -0.39 is 0 Å². The number of hydrogen-bond acceptors (Lipinski definition) is 5. The Bertz CT molecular complexity index is 1100. The van der Waals surface area contributed by atoms with E-state index in [1.165, 1.54) is 17.4 Å². The second-order valence-corrected chi connectivity index (χ2v) is 7.42. The minimum absolute atomic E-state index is 0.0471. The molecule has 1 aromatic heterocycles. The summed E-state index contributed by atoms with van der Waals surface area (Å²) in [5.74, 6) is 0.537. The van der Waals surface area contributed by atoms with Crippen molar-refractivity contribution in [3.8, 4) is 17.0 Å². The molecule has 0 saturated carbocycles.